The van der Waals surface area contributed by atoms with Crippen molar-refractivity contribution in [1.82, 2.24) is 0 Å². The lowest BCUT2D eigenvalue weighted by molar-refractivity contribution is 0.194. The first-order valence-electron chi connectivity index (χ1n) is 4.14. The summed E-state index contributed by atoms with van der Waals surface area (Å²) in [4.78, 5) is 1.24. The molecule has 1 N–H and O–H groups in total. The second-order valence-corrected chi connectivity index (χ2v) is 4.77. The highest BCUT2D eigenvalue weighted by Crippen LogP contribution is 2.25. The van der Waals surface area contributed by atoms with E-state index in [1.54, 1.807) is 11.8 Å². The Balaban J connectivity index is 2.94. The van der Waals surface area contributed by atoms with E-state index in [1.165, 1.54) is 10.5 Å². The molecule has 0 fully saturated rings. The zero-order valence-electron chi connectivity index (χ0n) is 7.75. The number of hydrogen-bond acceptors (Lipinski definition) is 2. The van der Waals surface area contributed by atoms with Gasteiger partial charge in [-0.05, 0) is 43.4 Å². The quantitative estimate of drug-likeness (QED) is 0.844. The van der Waals surface area contributed by atoms with Crippen LogP contribution in [-0.4, -0.2) is 17.5 Å². The summed E-state index contributed by atoms with van der Waals surface area (Å²) in [6.45, 7) is 1.81. The predicted molar refractivity (Wildman–Crippen MR) is 61.3 cm³/mol. The highest BCUT2D eigenvalue weighted by Gasteiger charge is 2.05. The summed E-state index contributed by atoms with van der Waals surface area (Å²) < 4.78 is 1.07. The minimum Gasteiger partial charge on any atom is -0.393 e. The fourth-order valence-corrected chi connectivity index (χ4v) is 2.24. The third kappa shape index (κ3) is 3.33. The molecule has 0 aromatic heterocycles. The fourth-order valence-electron chi connectivity index (χ4n) is 1.22. The summed E-state index contributed by atoms with van der Waals surface area (Å²) in [6.07, 6.45) is 2.49. The Hall–Kier alpha value is 0.01000. The van der Waals surface area contributed by atoms with Gasteiger partial charge >= 0.3 is 0 Å². The number of rotatable bonds is 3. The molecule has 1 aromatic rings. The van der Waals surface area contributed by atoms with E-state index in [0.717, 1.165) is 10.9 Å². The van der Waals surface area contributed by atoms with Crippen LogP contribution in [0.5, 0.6) is 0 Å². The summed E-state index contributed by atoms with van der Waals surface area (Å²) >= 11 is 5.14. The van der Waals surface area contributed by atoms with Gasteiger partial charge in [-0.1, -0.05) is 15.9 Å². The number of thioether (sulfide) groups is 1. The molecular weight excluding hydrogens is 248 g/mol. The van der Waals surface area contributed by atoms with Gasteiger partial charge in [-0.2, -0.15) is 0 Å². The van der Waals surface area contributed by atoms with Gasteiger partial charge in [0.25, 0.3) is 0 Å². The Kier molecular flexibility index (Phi) is 4.29. The largest absolute Gasteiger partial charge is 0.393 e. The molecular formula is C10H13BrOS. The molecule has 1 atom stereocenters. The highest BCUT2D eigenvalue weighted by atomic mass is 79.9. The third-order valence-corrected chi connectivity index (χ3v) is 3.09. The lowest BCUT2D eigenvalue weighted by Gasteiger charge is -2.09. The van der Waals surface area contributed by atoms with Crippen molar-refractivity contribution in [3.8, 4) is 0 Å². The van der Waals surface area contributed by atoms with E-state index < -0.39 is 0 Å². The lowest BCUT2D eigenvalue weighted by Crippen LogP contribution is -2.05. The molecule has 1 rings (SSSR count). The molecule has 0 bridgehead atoms. The van der Waals surface area contributed by atoms with E-state index in [2.05, 4.69) is 34.3 Å². The molecule has 0 aliphatic rings. The Morgan fingerprint density at radius 3 is 2.77 bits per heavy atom. The lowest BCUT2D eigenvalue weighted by atomic mass is 10.1. The van der Waals surface area contributed by atoms with Crippen molar-refractivity contribution in [3.05, 3.63) is 28.2 Å². The molecule has 1 nitrogen and oxygen atoms in total. The molecule has 0 heterocycles. The highest BCUT2D eigenvalue weighted by molar-refractivity contribution is 9.10. The first-order valence-corrected chi connectivity index (χ1v) is 6.15. The summed E-state index contributed by atoms with van der Waals surface area (Å²) in [6, 6.07) is 6.17. The van der Waals surface area contributed by atoms with Crippen LogP contribution in [0.25, 0.3) is 0 Å². The van der Waals surface area contributed by atoms with Crippen LogP contribution in [0.3, 0.4) is 0 Å². The first-order chi connectivity index (χ1) is 6.13. The van der Waals surface area contributed by atoms with Gasteiger partial charge in [0.1, 0.15) is 0 Å². The minimum atomic E-state index is -0.278. The topological polar surface area (TPSA) is 20.2 Å². The molecule has 0 aliphatic heterocycles. The first kappa shape index (κ1) is 11.1. The van der Waals surface area contributed by atoms with E-state index in [-0.39, 0.29) is 6.10 Å². The van der Waals surface area contributed by atoms with Crippen molar-refractivity contribution in [2.75, 3.05) is 6.26 Å². The predicted octanol–water partition coefficient (Wildman–Crippen LogP) is 3.09. The van der Waals surface area contributed by atoms with E-state index in [1.807, 2.05) is 13.0 Å². The van der Waals surface area contributed by atoms with Crippen molar-refractivity contribution in [2.24, 2.45) is 0 Å². The second kappa shape index (κ2) is 5.03. The van der Waals surface area contributed by atoms with Crippen molar-refractivity contribution < 1.29 is 5.11 Å². The van der Waals surface area contributed by atoms with Gasteiger partial charge < -0.3 is 5.11 Å². The molecule has 0 saturated carbocycles. The van der Waals surface area contributed by atoms with Crippen LogP contribution in [-0.2, 0) is 6.42 Å². The number of halogens is 1. The van der Waals surface area contributed by atoms with Gasteiger partial charge in [0.05, 0.1) is 6.10 Å². The molecule has 0 aliphatic carbocycles. The van der Waals surface area contributed by atoms with Crippen LogP contribution >= 0.6 is 27.7 Å². The average Bonchev–Trinajstić information content (AvgIpc) is 2.03. The zero-order valence-corrected chi connectivity index (χ0v) is 10.2. The number of aliphatic hydroxyl groups is 1. The van der Waals surface area contributed by atoms with Crippen LogP contribution in [0.15, 0.2) is 27.6 Å². The minimum absolute atomic E-state index is 0.278. The Labute approximate surface area is 91.7 Å². The maximum absolute atomic E-state index is 9.29. The van der Waals surface area contributed by atoms with Crippen molar-refractivity contribution >= 4 is 27.7 Å². The molecule has 72 valence electrons. The van der Waals surface area contributed by atoms with E-state index in [0.29, 0.717) is 0 Å². The summed E-state index contributed by atoms with van der Waals surface area (Å²) in [7, 11) is 0. The number of aliphatic hydroxyl groups excluding tert-OH is 1. The maximum atomic E-state index is 9.29. The normalized spacial score (nSPS) is 12.9. The van der Waals surface area contributed by atoms with Crippen LogP contribution < -0.4 is 0 Å². The second-order valence-electron chi connectivity index (χ2n) is 3.01. The summed E-state index contributed by atoms with van der Waals surface area (Å²) in [5.74, 6) is 0. The summed E-state index contributed by atoms with van der Waals surface area (Å²) in [5.41, 5.74) is 1.21. The van der Waals surface area contributed by atoms with Crippen LogP contribution in [0.2, 0.25) is 0 Å². The van der Waals surface area contributed by atoms with Crippen LogP contribution in [0, 0.1) is 0 Å². The molecule has 13 heavy (non-hydrogen) atoms. The van der Waals surface area contributed by atoms with E-state index in [4.69, 9.17) is 0 Å². The molecule has 0 spiro atoms. The monoisotopic (exact) mass is 260 g/mol. The number of hydrogen-bond donors (Lipinski definition) is 1. The van der Waals surface area contributed by atoms with Gasteiger partial charge in [0.15, 0.2) is 0 Å². The zero-order chi connectivity index (χ0) is 9.84. The number of benzene rings is 1. The van der Waals surface area contributed by atoms with Crippen molar-refractivity contribution in [2.45, 2.75) is 24.3 Å². The molecule has 3 heteroatoms. The van der Waals surface area contributed by atoms with Gasteiger partial charge in [0.2, 0.25) is 0 Å². The Bertz CT molecular complexity index is 286. The third-order valence-electron chi connectivity index (χ3n) is 1.76. The van der Waals surface area contributed by atoms with Crippen LogP contribution in [0.4, 0.5) is 0 Å². The maximum Gasteiger partial charge on any atom is 0.0552 e. The Morgan fingerprint density at radius 1 is 1.54 bits per heavy atom. The van der Waals surface area contributed by atoms with Crippen molar-refractivity contribution in [3.63, 3.8) is 0 Å². The van der Waals surface area contributed by atoms with Crippen LogP contribution in [0.1, 0.15) is 12.5 Å². The SMILES string of the molecule is CSc1ccc(Br)cc1CC(C)O. The average molecular weight is 261 g/mol. The van der Waals surface area contributed by atoms with Gasteiger partial charge in [-0.25, -0.2) is 0 Å². The molecule has 0 radical (unpaired) electrons. The molecule has 1 aromatic carbocycles. The molecule has 1 unspecified atom stereocenters. The molecule has 0 saturated heterocycles. The summed E-state index contributed by atoms with van der Waals surface area (Å²) in [5, 5.41) is 9.29. The smallest absolute Gasteiger partial charge is 0.0552 e. The fraction of sp³-hybridized carbons (Fsp3) is 0.400. The molecule has 0 amide bonds. The van der Waals surface area contributed by atoms with Gasteiger partial charge in [0, 0.05) is 9.37 Å². The van der Waals surface area contributed by atoms with Gasteiger partial charge in [-0.15, -0.1) is 11.8 Å². The standard InChI is InChI=1S/C10H13BrOS/c1-7(12)5-8-6-9(11)3-4-10(8)13-2/h3-4,6-7,12H,5H2,1-2H3. The van der Waals surface area contributed by atoms with Gasteiger partial charge in [-0.3, -0.25) is 0 Å². The van der Waals surface area contributed by atoms with E-state index >= 15 is 0 Å². The Morgan fingerprint density at radius 2 is 2.23 bits per heavy atom. The van der Waals surface area contributed by atoms with Crippen molar-refractivity contribution in [1.29, 1.82) is 0 Å². The van der Waals surface area contributed by atoms with E-state index in [9.17, 15) is 5.11 Å².